The van der Waals surface area contributed by atoms with E-state index in [4.69, 9.17) is 4.98 Å². The molecule has 2 aromatic heterocycles. The lowest BCUT2D eigenvalue weighted by molar-refractivity contribution is 0.0953. The Balaban J connectivity index is 1.50. The molecule has 30 heavy (non-hydrogen) atoms. The zero-order chi connectivity index (χ0) is 20.8. The molecule has 5 nitrogen and oxygen atoms in total. The van der Waals surface area contributed by atoms with Gasteiger partial charge in [-0.3, -0.25) is 9.78 Å². The molecule has 3 aromatic rings. The van der Waals surface area contributed by atoms with E-state index in [1.807, 2.05) is 43.3 Å². The van der Waals surface area contributed by atoms with E-state index < -0.39 is 0 Å². The molecule has 0 aliphatic carbocycles. The minimum Gasteiger partial charge on any atom is -0.352 e. The van der Waals surface area contributed by atoms with Gasteiger partial charge in [-0.25, -0.2) is 4.98 Å². The summed E-state index contributed by atoms with van der Waals surface area (Å²) in [4.78, 5) is 24.6. The number of nitrogens with zero attached hydrogens (tertiary/aromatic N) is 3. The first kappa shape index (κ1) is 20.5. The van der Waals surface area contributed by atoms with Crippen LogP contribution >= 0.6 is 0 Å². The van der Waals surface area contributed by atoms with Gasteiger partial charge in [-0.15, -0.1) is 0 Å². The number of likely N-dealkylation sites (tertiary alicyclic amines) is 1. The number of amides is 1. The van der Waals surface area contributed by atoms with Crippen LogP contribution in [-0.2, 0) is 0 Å². The van der Waals surface area contributed by atoms with Crippen LogP contribution in [-0.4, -0.2) is 47.0 Å². The molecule has 3 heterocycles. The van der Waals surface area contributed by atoms with Crippen molar-refractivity contribution < 1.29 is 4.79 Å². The molecule has 5 heteroatoms. The summed E-state index contributed by atoms with van der Waals surface area (Å²) in [5, 5.41) is 4.03. The van der Waals surface area contributed by atoms with Crippen LogP contribution in [0.2, 0.25) is 0 Å². The average molecular weight is 403 g/mol. The second-order valence-electron chi connectivity index (χ2n) is 8.18. The van der Waals surface area contributed by atoms with Gasteiger partial charge in [0.1, 0.15) is 0 Å². The molecule has 1 saturated heterocycles. The molecule has 1 N–H and O–H groups in total. The van der Waals surface area contributed by atoms with E-state index in [1.165, 1.54) is 38.8 Å². The highest BCUT2D eigenvalue weighted by Crippen LogP contribution is 2.25. The molecule has 156 valence electrons. The number of benzene rings is 1. The minimum absolute atomic E-state index is 0.0333. The van der Waals surface area contributed by atoms with Gasteiger partial charge in [0.2, 0.25) is 0 Å². The second kappa shape index (κ2) is 9.81. The molecule has 1 amide bonds. The van der Waals surface area contributed by atoms with E-state index in [9.17, 15) is 4.79 Å². The van der Waals surface area contributed by atoms with Gasteiger partial charge in [0, 0.05) is 29.9 Å². The van der Waals surface area contributed by atoms with Gasteiger partial charge in [-0.2, -0.15) is 0 Å². The predicted octanol–water partition coefficient (Wildman–Crippen LogP) is 4.60. The van der Waals surface area contributed by atoms with Crippen LogP contribution in [0.1, 0.15) is 48.0 Å². The van der Waals surface area contributed by atoms with Crippen molar-refractivity contribution >= 4 is 16.8 Å². The summed E-state index contributed by atoms with van der Waals surface area (Å²) < 4.78 is 0. The van der Waals surface area contributed by atoms with Crippen LogP contribution in [0.15, 0.2) is 48.8 Å². The summed E-state index contributed by atoms with van der Waals surface area (Å²) >= 11 is 0. The number of carbonyl (C=O) groups is 1. The Hall–Kier alpha value is -2.79. The number of aryl methyl sites for hydroxylation is 1. The predicted molar refractivity (Wildman–Crippen MR) is 122 cm³/mol. The fraction of sp³-hybridized carbons (Fsp3) is 0.400. The minimum atomic E-state index is -0.0333. The lowest BCUT2D eigenvalue weighted by Crippen LogP contribution is -2.30. The topological polar surface area (TPSA) is 58.1 Å². The van der Waals surface area contributed by atoms with E-state index >= 15 is 0 Å². The SMILES string of the molecule is Cc1ccc2nc(-c3cccnc3)cc(C(=O)NCCCN3CCCCCC3)c2c1. The third-order valence-electron chi connectivity index (χ3n) is 5.80. The zero-order valence-electron chi connectivity index (χ0n) is 17.7. The Kier molecular flexibility index (Phi) is 6.70. The van der Waals surface area contributed by atoms with Crippen LogP contribution in [0.4, 0.5) is 0 Å². The van der Waals surface area contributed by atoms with E-state index in [0.717, 1.165) is 40.7 Å². The molecule has 1 fully saturated rings. The molecule has 0 saturated carbocycles. The Morgan fingerprint density at radius 1 is 1.10 bits per heavy atom. The van der Waals surface area contributed by atoms with E-state index in [1.54, 1.807) is 12.4 Å². The monoisotopic (exact) mass is 402 g/mol. The van der Waals surface area contributed by atoms with Crippen molar-refractivity contribution in [2.45, 2.75) is 39.0 Å². The molecule has 1 aliphatic heterocycles. The summed E-state index contributed by atoms with van der Waals surface area (Å²) in [5.41, 5.74) is 4.31. The number of pyridine rings is 2. The summed E-state index contributed by atoms with van der Waals surface area (Å²) in [6, 6.07) is 11.8. The van der Waals surface area contributed by atoms with Crippen molar-refractivity contribution in [1.29, 1.82) is 0 Å². The van der Waals surface area contributed by atoms with Crippen molar-refractivity contribution in [3.63, 3.8) is 0 Å². The number of nitrogens with one attached hydrogen (secondary N) is 1. The Bertz CT molecular complexity index is 995. The van der Waals surface area contributed by atoms with Crippen molar-refractivity contribution in [2.24, 2.45) is 0 Å². The summed E-state index contributed by atoms with van der Waals surface area (Å²) in [5.74, 6) is -0.0333. The fourth-order valence-corrected chi connectivity index (χ4v) is 4.15. The summed E-state index contributed by atoms with van der Waals surface area (Å²) in [6.45, 7) is 6.16. The van der Waals surface area contributed by atoms with Crippen molar-refractivity contribution in [3.05, 3.63) is 59.9 Å². The largest absolute Gasteiger partial charge is 0.352 e. The van der Waals surface area contributed by atoms with Crippen molar-refractivity contribution in [3.8, 4) is 11.3 Å². The maximum Gasteiger partial charge on any atom is 0.252 e. The highest BCUT2D eigenvalue weighted by molar-refractivity contribution is 6.07. The summed E-state index contributed by atoms with van der Waals surface area (Å²) in [6.07, 6.45) is 9.79. The number of hydrogen-bond donors (Lipinski definition) is 1. The van der Waals surface area contributed by atoms with Crippen LogP contribution in [0.3, 0.4) is 0 Å². The quantitative estimate of drug-likeness (QED) is 0.612. The molecule has 4 rings (SSSR count). The van der Waals surface area contributed by atoms with Crippen LogP contribution < -0.4 is 5.32 Å². The van der Waals surface area contributed by atoms with Gasteiger partial charge in [0.05, 0.1) is 16.8 Å². The van der Waals surface area contributed by atoms with E-state index in [2.05, 4.69) is 15.2 Å². The highest BCUT2D eigenvalue weighted by atomic mass is 16.1. The molecule has 0 spiro atoms. The normalized spacial score (nSPS) is 15.1. The number of rotatable bonds is 6. The Morgan fingerprint density at radius 3 is 2.70 bits per heavy atom. The first-order chi connectivity index (χ1) is 14.7. The third-order valence-corrected chi connectivity index (χ3v) is 5.80. The molecule has 0 atom stereocenters. The average Bonchev–Trinajstić information content (AvgIpc) is 3.05. The standard InChI is InChI=1S/C25H30N4O/c1-19-9-10-23-21(16-19)22(17-24(28-23)20-8-6-11-26-18-20)25(30)27-12-7-15-29-13-4-2-3-5-14-29/h6,8-11,16-18H,2-5,7,12-15H2,1H3,(H,27,30). The molecule has 0 radical (unpaired) electrons. The molecule has 1 aliphatic rings. The molecular formula is C25H30N4O. The molecular weight excluding hydrogens is 372 g/mol. The maximum atomic E-state index is 13.1. The van der Waals surface area contributed by atoms with E-state index in [-0.39, 0.29) is 5.91 Å². The Morgan fingerprint density at radius 2 is 1.93 bits per heavy atom. The van der Waals surface area contributed by atoms with Crippen molar-refractivity contribution in [1.82, 2.24) is 20.2 Å². The third kappa shape index (κ3) is 5.03. The first-order valence-corrected chi connectivity index (χ1v) is 11.0. The van der Waals surface area contributed by atoms with Gasteiger partial charge in [-0.1, -0.05) is 24.5 Å². The van der Waals surface area contributed by atoms with Crippen LogP contribution in [0.5, 0.6) is 0 Å². The molecule has 0 unspecified atom stereocenters. The van der Waals surface area contributed by atoms with Gasteiger partial charge in [-0.05, 0) is 76.2 Å². The summed E-state index contributed by atoms with van der Waals surface area (Å²) in [7, 11) is 0. The Labute approximate surface area is 178 Å². The molecule has 1 aromatic carbocycles. The lowest BCUT2D eigenvalue weighted by atomic mass is 10.0. The number of fused-ring (bicyclic) bond motifs is 1. The van der Waals surface area contributed by atoms with Crippen LogP contribution in [0.25, 0.3) is 22.2 Å². The molecule has 0 bridgehead atoms. The maximum absolute atomic E-state index is 13.1. The number of aromatic nitrogens is 2. The van der Waals surface area contributed by atoms with Gasteiger partial charge in [0.25, 0.3) is 5.91 Å². The number of carbonyl (C=O) groups excluding carboxylic acids is 1. The van der Waals surface area contributed by atoms with Crippen molar-refractivity contribution in [2.75, 3.05) is 26.2 Å². The smallest absolute Gasteiger partial charge is 0.252 e. The van der Waals surface area contributed by atoms with Gasteiger partial charge >= 0.3 is 0 Å². The number of hydrogen-bond acceptors (Lipinski definition) is 4. The second-order valence-corrected chi connectivity index (χ2v) is 8.18. The van der Waals surface area contributed by atoms with Gasteiger partial charge < -0.3 is 10.2 Å². The van der Waals surface area contributed by atoms with Gasteiger partial charge in [0.15, 0.2) is 0 Å². The fourth-order valence-electron chi connectivity index (χ4n) is 4.15. The highest BCUT2D eigenvalue weighted by Gasteiger charge is 2.15. The van der Waals surface area contributed by atoms with E-state index in [0.29, 0.717) is 12.1 Å². The first-order valence-electron chi connectivity index (χ1n) is 11.0. The van der Waals surface area contributed by atoms with Crippen LogP contribution in [0, 0.1) is 6.92 Å². The lowest BCUT2D eigenvalue weighted by Gasteiger charge is -2.19. The zero-order valence-corrected chi connectivity index (χ0v) is 17.7.